The zero-order chi connectivity index (χ0) is 13.3. The maximum absolute atomic E-state index is 11.8. The Hall–Kier alpha value is -0.740. The van der Waals surface area contributed by atoms with Crippen LogP contribution in [-0.4, -0.2) is 22.8 Å². The Bertz CT molecular complexity index is 383. The third-order valence-corrected chi connectivity index (χ3v) is 3.80. The Morgan fingerprint density at radius 2 is 1.65 bits per heavy atom. The summed E-state index contributed by atoms with van der Waals surface area (Å²) in [7, 11) is 0. The molecule has 1 aromatic carbocycles. The lowest BCUT2D eigenvalue weighted by Gasteiger charge is -2.01. The van der Waals surface area contributed by atoms with Crippen LogP contribution in [0.15, 0.2) is 29.3 Å². The molecule has 4 heteroatoms. The van der Waals surface area contributed by atoms with Crippen LogP contribution in [0.2, 0.25) is 0 Å². The van der Waals surface area contributed by atoms with Gasteiger partial charge in [0.05, 0.1) is 0 Å². The first-order valence-corrected chi connectivity index (χ1v) is 7.90. The summed E-state index contributed by atoms with van der Waals surface area (Å²) in [6.45, 7) is 5.92. The van der Waals surface area contributed by atoms with Gasteiger partial charge in [-0.15, -0.1) is 23.5 Å². The first-order valence-electron chi connectivity index (χ1n) is 5.45. The summed E-state index contributed by atoms with van der Waals surface area (Å²) in [6, 6.07) is 7.49. The molecule has 17 heavy (non-hydrogen) atoms. The van der Waals surface area contributed by atoms with Gasteiger partial charge in [-0.05, 0) is 31.1 Å². The first-order chi connectivity index (χ1) is 8.19. The molecule has 1 rings (SSSR count). The van der Waals surface area contributed by atoms with Crippen LogP contribution in [0.5, 0.6) is 0 Å². The van der Waals surface area contributed by atoms with Crippen LogP contribution in [-0.2, 0) is 0 Å². The predicted molar refractivity (Wildman–Crippen MR) is 81.3 cm³/mol. The monoisotopic (exact) mass is 269 g/mol. The van der Waals surface area contributed by atoms with E-state index in [9.17, 15) is 4.79 Å². The van der Waals surface area contributed by atoms with E-state index in [0.717, 1.165) is 9.94 Å². The van der Waals surface area contributed by atoms with Gasteiger partial charge >= 0.3 is 0 Å². The standard InChI is InChI=1S/C11H13NOS2.C2H6/c1-8-6-4-5-7-9(8)10(13)12-11(14-2)15-3;1-2/h4-7H,1-3H3;1-2H3. The Morgan fingerprint density at radius 3 is 2.12 bits per heavy atom. The third-order valence-electron chi connectivity index (χ3n) is 1.92. The van der Waals surface area contributed by atoms with Gasteiger partial charge in [0.15, 0.2) is 0 Å². The normalized spacial score (nSPS) is 9.00. The maximum atomic E-state index is 11.8. The quantitative estimate of drug-likeness (QED) is 0.564. The van der Waals surface area contributed by atoms with Crippen molar-refractivity contribution in [2.75, 3.05) is 12.5 Å². The van der Waals surface area contributed by atoms with Gasteiger partial charge in [0.2, 0.25) is 0 Å². The molecule has 1 amide bonds. The molecule has 0 heterocycles. The van der Waals surface area contributed by atoms with Gasteiger partial charge in [0.1, 0.15) is 4.38 Å². The molecule has 0 saturated carbocycles. The fraction of sp³-hybridized carbons (Fsp3) is 0.385. The summed E-state index contributed by atoms with van der Waals surface area (Å²) in [5.41, 5.74) is 1.64. The van der Waals surface area contributed by atoms with Gasteiger partial charge < -0.3 is 0 Å². The smallest absolute Gasteiger partial charge is 0.267 e. The molecule has 94 valence electrons. The van der Waals surface area contributed by atoms with E-state index in [-0.39, 0.29) is 5.91 Å². The molecule has 0 fully saturated rings. The lowest BCUT2D eigenvalue weighted by Crippen LogP contribution is -2.00. The van der Waals surface area contributed by atoms with E-state index in [1.807, 2.05) is 51.5 Å². The van der Waals surface area contributed by atoms with Crippen LogP contribution in [0, 0.1) is 6.92 Å². The highest BCUT2D eigenvalue weighted by Gasteiger charge is 2.07. The number of benzene rings is 1. The lowest BCUT2D eigenvalue weighted by molar-refractivity contribution is 0.100. The molecule has 0 N–H and O–H groups in total. The maximum Gasteiger partial charge on any atom is 0.278 e. The van der Waals surface area contributed by atoms with Crippen molar-refractivity contribution in [1.82, 2.24) is 0 Å². The van der Waals surface area contributed by atoms with Gasteiger partial charge in [-0.2, -0.15) is 4.99 Å². The minimum atomic E-state index is -0.160. The van der Waals surface area contributed by atoms with E-state index >= 15 is 0 Å². The van der Waals surface area contributed by atoms with Crippen LogP contribution < -0.4 is 0 Å². The second kappa shape index (κ2) is 9.31. The van der Waals surface area contributed by atoms with E-state index in [4.69, 9.17) is 0 Å². The highest BCUT2D eigenvalue weighted by molar-refractivity contribution is 8.38. The van der Waals surface area contributed by atoms with Crippen molar-refractivity contribution >= 4 is 33.8 Å². The summed E-state index contributed by atoms with van der Waals surface area (Å²) in [5.74, 6) is -0.160. The van der Waals surface area contributed by atoms with E-state index in [0.29, 0.717) is 5.56 Å². The average molecular weight is 269 g/mol. The molecule has 0 radical (unpaired) electrons. The van der Waals surface area contributed by atoms with Crippen molar-refractivity contribution in [2.45, 2.75) is 20.8 Å². The molecule has 1 aromatic rings. The topological polar surface area (TPSA) is 29.4 Å². The SMILES string of the molecule is CC.CSC(=NC(=O)c1ccccc1C)SC. The summed E-state index contributed by atoms with van der Waals surface area (Å²) < 4.78 is 0.795. The van der Waals surface area contributed by atoms with Gasteiger partial charge in [-0.3, -0.25) is 4.79 Å². The minimum Gasteiger partial charge on any atom is -0.267 e. The molecule has 0 aliphatic rings. The first kappa shape index (κ1) is 16.3. The van der Waals surface area contributed by atoms with Gasteiger partial charge in [-0.1, -0.05) is 32.0 Å². The van der Waals surface area contributed by atoms with E-state index in [2.05, 4.69) is 4.99 Å². The van der Waals surface area contributed by atoms with Crippen LogP contribution in [0.4, 0.5) is 0 Å². The second-order valence-electron chi connectivity index (χ2n) is 2.91. The number of aliphatic imine (C=N–C) groups is 1. The molecule has 0 atom stereocenters. The van der Waals surface area contributed by atoms with Crippen LogP contribution >= 0.6 is 23.5 Å². The third kappa shape index (κ3) is 5.41. The van der Waals surface area contributed by atoms with Crippen molar-refractivity contribution in [3.05, 3.63) is 35.4 Å². The van der Waals surface area contributed by atoms with Crippen LogP contribution in [0.1, 0.15) is 29.8 Å². The van der Waals surface area contributed by atoms with Gasteiger partial charge in [-0.25, -0.2) is 0 Å². The van der Waals surface area contributed by atoms with Crippen molar-refractivity contribution in [3.63, 3.8) is 0 Å². The van der Waals surface area contributed by atoms with Crippen LogP contribution in [0.25, 0.3) is 0 Å². The van der Waals surface area contributed by atoms with Crippen molar-refractivity contribution in [1.29, 1.82) is 0 Å². The Kier molecular flexibility index (Phi) is 8.90. The number of nitrogens with zero attached hydrogens (tertiary/aromatic N) is 1. The summed E-state index contributed by atoms with van der Waals surface area (Å²) in [6.07, 6.45) is 3.83. The van der Waals surface area contributed by atoms with Crippen molar-refractivity contribution in [2.24, 2.45) is 4.99 Å². The predicted octanol–water partition coefficient (Wildman–Crippen LogP) is 4.24. The Balaban J connectivity index is 0.00000121. The zero-order valence-corrected chi connectivity index (χ0v) is 12.6. The Morgan fingerprint density at radius 1 is 1.12 bits per heavy atom. The molecule has 0 aromatic heterocycles. The Labute approximate surface area is 112 Å². The van der Waals surface area contributed by atoms with E-state index in [1.165, 1.54) is 23.5 Å². The van der Waals surface area contributed by atoms with Crippen molar-refractivity contribution < 1.29 is 4.79 Å². The minimum absolute atomic E-state index is 0.160. The van der Waals surface area contributed by atoms with Gasteiger partial charge in [0.25, 0.3) is 5.91 Å². The zero-order valence-electron chi connectivity index (χ0n) is 11.0. The molecule has 0 aliphatic heterocycles. The molecule has 2 nitrogen and oxygen atoms in total. The highest BCUT2D eigenvalue weighted by Crippen LogP contribution is 2.14. The molecule has 0 aliphatic carbocycles. The number of hydrogen-bond donors (Lipinski definition) is 0. The number of rotatable bonds is 1. The number of aryl methyl sites for hydroxylation is 1. The highest BCUT2D eigenvalue weighted by atomic mass is 32.2. The molecular formula is C13H19NOS2. The summed E-state index contributed by atoms with van der Waals surface area (Å²) in [4.78, 5) is 15.8. The van der Waals surface area contributed by atoms with Gasteiger partial charge in [0, 0.05) is 5.56 Å². The number of hydrogen-bond acceptors (Lipinski definition) is 3. The molecule has 0 spiro atoms. The fourth-order valence-corrected chi connectivity index (χ4v) is 2.15. The van der Waals surface area contributed by atoms with E-state index < -0.39 is 0 Å². The molecular weight excluding hydrogens is 250 g/mol. The molecule has 0 saturated heterocycles. The summed E-state index contributed by atoms with van der Waals surface area (Å²) >= 11 is 2.98. The van der Waals surface area contributed by atoms with Crippen molar-refractivity contribution in [3.8, 4) is 0 Å². The van der Waals surface area contributed by atoms with E-state index in [1.54, 1.807) is 6.07 Å². The van der Waals surface area contributed by atoms with Crippen LogP contribution in [0.3, 0.4) is 0 Å². The fourth-order valence-electron chi connectivity index (χ4n) is 1.13. The largest absolute Gasteiger partial charge is 0.278 e. The lowest BCUT2D eigenvalue weighted by atomic mass is 10.1. The summed E-state index contributed by atoms with van der Waals surface area (Å²) in [5, 5.41) is 0. The molecule has 0 unspecified atom stereocenters. The number of amides is 1. The second-order valence-corrected chi connectivity index (χ2v) is 4.75. The number of carbonyl (C=O) groups is 1. The number of thioether (sulfide) groups is 2. The number of carbonyl (C=O) groups excluding carboxylic acids is 1. The average Bonchev–Trinajstić information content (AvgIpc) is 2.38. The molecule has 0 bridgehead atoms.